The van der Waals surface area contributed by atoms with Crippen molar-refractivity contribution >= 4 is 5.84 Å². The molecule has 0 aromatic carbocycles. The second-order valence-electron chi connectivity index (χ2n) is 2.31. The zero-order chi connectivity index (χ0) is 9.68. The van der Waals surface area contributed by atoms with Crippen molar-refractivity contribution in [2.24, 2.45) is 4.99 Å². The molecule has 68 valence electrons. The van der Waals surface area contributed by atoms with Gasteiger partial charge in [-0.05, 0) is 12.3 Å². The summed E-state index contributed by atoms with van der Waals surface area (Å²) in [4.78, 5) is 7.62. The summed E-state index contributed by atoms with van der Waals surface area (Å²) < 4.78 is 12.7. The van der Waals surface area contributed by atoms with Gasteiger partial charge in [-0.15, -0.1) is 0 Å². The Morgan fingerprint density at radius 3 is 3.00 bits per heavy atom. The molecule has 0 aliphatic carbocycles. The highest BCUT2D eigenvalue weighted by molar-refractivity contribution is 5.98. The van der Waals surface area contributed by atoms with Crippen LogP contribution in [0.2, 0.25) is 0 Å². The zero-order valence-corrected chi connectivity index (χ0v) is 7.29. The van der Waals surface area contributed by atoms with Crippen molar-refractivity contribution < 1.29 is 4.39 Å². The van der Waals surface area contributed by atoms with Crippen LogP contribution in [-0.2, 0) is 0 Å². The molecule has 1 aromatic rings. The Morgan fingerprint density at radius 2 is 2.46 bits per heavy atom. The van der Waals surface area contributed by atoms with Gasteiger partial charge < -0.3 is 5.32 Å². The van der Waals surface area contributed by atoms with E-state index in [2.05, 4.69) is 21.9 Å². The van der Waals surface area contributed by atoms with E-state index in [1.54, 1.807) is 7.05 Å². The van der Waals surface area contributed by atoms with Crippen LogP contribution < -0.4 is 5.32 Å². The van der Waals surface area contributed by atoms with Gasteiger partial charge in [0, 0.05) is 18.8 Å². The third-order valence-electron chi connectivity index (χ3n) is 1.44. The molecule has 1 heterocycles. The molecule has 0 unspecified atom stereocenters. The second-order valence-corrected chi connectivity index (χ2v) is 2.31. The Labute approximate surface area is 76.0 Å². The van der Waals surface area contributed by atoms with Crippen molar-refractivity contribution in [3.63, 3.8) is 0 Å². The van der Waals surface area contributed by atoms with Crippen LogP contribution in [0.3, 0.4) is 0 Å². The minimum absolute atomic E-state index is 0.385. The Balaban J connectivity index is 2.98. The number of amidine groups is 1. The van der Waals surface area contributed by atoms with Crippen molar-refractivity contribution in [3.8, 4) is 0 Å². The lowest BCUT2D eigenvalue weighted by atomic mass is 10.2. The summed E-state index contributed by atoms with van der Waals surface area (Å²) in [7, 11) is 1.61. The fourth-order valence-corrected chi connectivity index (χ4v) is 0.915. The molecule has 1 rings (SSSR count). The molecule has 1 aromatic heterocycles. The quantitative estimate of drug-likeness (QED) is 0.549. The fraction of sp³-hybridized carbons (Fsp3) is 0.111. The topological polar surface area (TPSA) is 37.3 Å². The summed E-state index contributed by atoms with van der Waals surface area (Å²) in [6, 6.07) is 1.35. The summed E-state index contributed by atoms with van der Waals surface area (Å²) in [5.41, 5.74) is 0.599. The first kappa shape index (κ1) is 9.38. The minimum Gasteiger partial charge on any atom is -0.347 e. The second kappa shape index (κ2) is 4.35. The fourth-order valence-electron chi connectivity index (χ4n) is 0.915. The van der Waals surface area contributed by atoms with Gasteiger partial charge in [0.25, 0.3) is 0 Å². The van der Waals surface area contributed by atoms with Crippen LogP contribution in [0.1, 0.15) is 5.56 Å². The van der Waals surface area contributed by atoms with Crippen LogP contribution in [0, 0.1) is 5.82 Å². The summed E-state index contributed by atoms with van der Waals surface area (Å²) in [6.45, 7) is 3.49. The molecule has 0 radical (unpaired) electrons. The van der Waals surface area contributed by atoms with Crippen LogP contribution in [0.4, 0.5) is 4.39 Å². The molecule has 0 fully saturated rings. The molecule has 0 bridgehead atoms. The van der Waals surface area contributed by atoms with Gasteiger partial charge >= 0.3 is 0 Å². The maximum absolute atomic E-state index is 12.7. The first-order valence-electron chi connectivity index (χ1n) is 3.73. The first-order valence-corrected chi connectivity index (χ1v) is 3.73. The van der Waals surface area contributed by atoms with E-state index in [9.17, 15) is 4.39 Å². The molecule has 1 N–H and O–H groups in total. The number of halogens is 1. The van der Waals surface area contributed by atoms with Crippen molar-refractivity contribution in [2.75, 3.05) is 7.05 Å². The third-order valence-corrected chi connectivity index (χ3v) is 1.44. The number of nitrogens with one attached hydrogen (secondary N) is 1. The molecule has 0 saturated heterocycles. The Morgan fingerprint density at radius 1 is 1.69 bits per heavy atom. The van der Waals surface area contributed by atoms with Crippen molar-refractivity contribution in [3.05, 3.63) is 42.6 Å². The van der Waals surface area contributed by atoms with Gasteiger partial charge in [-0.25, -0.2) is 4.39 Å². The smallest absolute Gasteiger partial charge is 0.142 e. The lowest BCUT2D eigenvalue weighted by Crippen LogP contribution is -2.18. The molecule has 0 spiro atoms. The molecule has 0 atom stereocenters. The van der Waals surface area contributed by atoms with E-state index < -0.39 is 0 Å². The molecule has 4 heteroatoms. The van der Waals surface area contributed by atoms with Crippen LogP contribution in [0.15, 0.2) is 36.2 Å². The standard InChI is InChI=1S/C9H10FN3/c1-3-13-9(11-2)7-4-8(10)6-12-5-7/h3-6H,1H2,2H3,(H,11,13). The maximum Gasteiger partial charge on any atom is 0.142 e. The van der Waals surface area contributed by atoms with E-state index in [1.807, 2.05) is 0 Å². The van der Waals surface area contributed by atoms with Crippen molar-refractivity contribution in [2.45, 2.75) is 0 Å². The highest BCUT2D eigenvalue weighted by Crippen LogP contribution is 2.01. The molecule has 3 nitrogen and oxygen atoms in total. The molecule has 13 heavy (non-hydrogen) atoms. The van der Waals surface area contributed by atoms with Crippen LogP contribution in [0.25, 0.3) is 0 Å². The zero-order valence-electron chi connectivity index (χ0n) is 7.29. The minimum atomic E-state index is -0.385. The number of hydrogen-bond acceptors (Lipinski definition) is 2. The maximum atomic E-state index is 12.7. The van der Waals surface area contributed by atoms with Gasteiger partial charge in [-0.1, -0.05) is 6.58 Å². The molecule has 0 aliphatic rings. The average Bonchev–Trinajstić information content (AvgIpc) is 2.14. The van der Waals surface area contributed by atoms with Crippen molar-refractivity contribution in [1.29, 1.82) is 0 Å². The van der Waals surface area contributed by atoms with Gasteiger partial charge in [0.1, 0.15) is 11.7 Å². The summed E-state index contributed by atoms with van der Waals surface area (Å²) in [5.74, 6) is 0.159. The molecule has 0 aliphatic heterocycles. The Bertz CT molecular complexity index is 333. The Hall–Kier alpha value is -1.71. The average molecular weight is 179 g/mol. The van der Waals surface area contributed by atoms with Gasteiger partial charge in [0.15, 0.2) is 0 Å². The predicted molar refractivity (Wildman–Crippen MR) is 50.0 cm³/mol. The SMILES string of the molecule is C=CNC(=NC)c1cncc(F)c1. The Kier molecular flexibility index (Phi) is 3.14. The van der Waals surface area contributed by atoms with E-state index in [-0.39, 0.29) is 5.82 Å². The van der Waals surface area contributed by atoms with E-state index in [4.69, 9.17) is 0 Å². The number of pyridine rings is 1. The highest BCUT2D eigenvalue weighted by atomic mass is 19.1. The summed E-state index contributed by atoms with van der Waals surface area (Å²) >= 11 is 0. The number of rotatable bonds is 2. The number of aromatic nitrogens is 1. The van der Waals surface area contributed by atoms with E-state index in [0.717, 1.165) is 6.20 Å². The third kappa shape index (κ3) is 2.37. The summed E-state index contributed by atoms with van der Waals surface area (Å²) in [6.07, 6.45) is 4.15. The van der Waals surface area contributed by atoms with Gasteiger partial charge in [0.05, 0.1) is 6.20 Å². The number of hydrogen-bond donors (Lipinski definition) is 1. The molecule has 0 amide bonds. The normalized spacial score (nSPS) is 11.1. The van der Waals surface area contributed by atoms with E-state index >= 15 is 0 Å². The molecule has 0 saturated carbocycles. The van der Waals surface area contributed by atoms with Gasteiger partial charge in [-0.2, -0.15) is 0 Å². The number of nitrogens with zero attached hydrogens (tertiary/aromatic N) is 2. The highest BCUT2D eigenvalue weighted by Gasteiger charge is 2.01. The molecular formula is C9H10FN3. The van der Waals surface area contributed by atoms with Crippen LogP contribution >= 0.6 is 0 Å². The van der Waals surface area contributed by atoms with E-state index in [1.165, 1.54) is 18.5 Å². The first-order chi connectivity index (χ1) is 6.27. The largest absolute Gasteiger partial charge is 0.347 e. The van der Waals surface area contributed by atoms with Crippen LogP contribution in [-0.4, -0.2) is 17.9 Å². The van der Waals surface area contributed by atoms with Gasteiger partial charge in [0.2, 0.25) is 0 Å². The van der Waals surface area contributed by atoms with Gasteiger partial charge in [-0.3, -0.25) is 9.98 Å². The lowest BCUT2D eigenvalue weighted by Gasteiger charge is -2.03. The number of aliphatic imine (C=N–C) groups is 1. The van der Waals surface area contributed by atoms with E-state index in [0.29, 0.717) is 11.4 Å². The predicted octanol–water partition coefficient (Wildman–Crippen LogP) is 1.33. The van der Waals surface area contributed by atoms with Crippen molar-refractivity contribution in [1.82, 2.24) is 10.3 Å². The van der Waals surface area contributed by atoms with Crippen LogP contribution in [0.5, 0.6) is 0 Å². The summed E-state index contributed by atoms with van der Waals surface area (Å²) in [5, 5.41) is 2.78. The monoisotopic (exact) mass is 179 g/mol. The molecular weight excluding hydrogens is 169 g/mol. The lowest BCUT2D eigenvalue weighted by molar-refractivity contribution is 0.621.